The van der Waals surface area contributed by atoms with Crippen LogP contribution < -0.4 is 0 Å². The van der Waals surface area contributed by atoms with Crippen molar-refractivity contribution in [2.75, 3.05) is 6.54 Å². The molecule has 2 fully saturated rings. The highest BCUT2D eigenvalue weighted by atomic mass is 16.2. The van der Waals surface area contributed by atoms with Gasteiger partial charge >= 0.3 is 0 Å². The van der Waals surface area contributed by atoms with Crippen molar-refractivity contribution in [3.05, 3.63) is 59.2 Å². The van der Waals surface area contributed by atoms with Crippen molar-refractivity contribution in [3.8, 4) is 0 Å². The number of amides is 1. The van der Waals surface area contributed by atoms with Crippen molar-refractivity contribution in [1.29, 1.82) is 0 Å². The normalized spacial score (nSPS) is 23.5. The molecular formula is C21H25N3O. The van der Waals surface area contributed by atoms with Crippen LogP contribution in [0.3, 0.4) is 0 Å². The molecule has 2 heterocycles. The minimum absolute atomic E-state index is 0.112. The molecule has 0 radical (unpaired) electrons. The van der Waals surface area contributed by atoms with Gasteiger partial charge in [-0.2, -0.15) is 0 Å². The number of likely N-dealkylation sites (tertiary alicyclic amines) is 1. The van der Waals surface area contributed by atoms with Crippen molar-refractivity contribution in [3.63, 3.8) is 0 Å². The summed E-state index contributed by atoms with van der Waals surface area (Å²) in [7, 11) is 0. The lowest BCUT2D eigenvalue weighted by Gasteiger charge is -2.38. The van der Waals surface area contributed by atoms with E-state index < -0.39 is 0 Å². The summed E-state index contributed by atoms with van der Waals surface area (Å²) in [5.74, 6) is 1.87. The largest absolute Gasteiger partial charge is 0.336 e. The highest BCUT2D eigenvalue weighted by Gasteiger charge is 2.35. The second-order valence-electron chi connectivity index (χ2n) is 7.47. The zero-order valence-corrected chi connectivity index (χ0v) is 15.0. The Morgan fingerprint density at radius 1 is 1.12 bits per heavy atom. The van der Waals surface area contributed by atoms with E-state index in [0.717, 1.165) is 49.3 Å². The monoisotopic (exact) mass is 335 g/mol. The second kappa shape index (κ2) is 6.58. The van der Waals surface area contributed by atoms with Gasteiger partial charge in [0.15, 0.2) is 0 Å². The molecule has 25 heavy (non-hydrogen) atoms. The number of benzene rings is 1. The zero-order chi connectivity index (χ0) is 17.4. The van der Waals surface area contributed by atoms with E-state index in [-0.39, 0.29) is 11.9 Å². The van der Waals surface area contributed by atoms with Gasteiger partial charge in [-0.1, -0.05) is 30.3 Å². The molecule has 1 aromatic carbocycles. The average Bonchev–Trinajstić information content (AvgIpc) is 3.47. The summed E-state index contributed by atoms with van der Waals surface area (Å²) in [6.07, 6.45) is 6.06. The molecule has 130 valence electrons. The summed E-state index contributed by atoms with van der Waals surface area (Å²) < 4.78 is 0. The number of piperidine rings is 1. The quantitative estimate of drug-likeness (QED) is 0.849. The summed E-state index contributed by atoms with van der Waals surface area (Å²) in [6.45, 7) is 4.87. The number of carbonyl (C=O) groups excluding carboxylic acids is 1. The van der Waals surface area contributed by atoms with Gasteiger partial charge in [-0.25, -0.2) is 9.97 Å². The van der Waals surface area contributed by atoms with Crippen LogP contribution in [0.2, 0.25) is 0 Å². The minimum atomic E-state index is 0.112. The highest BCUT2D eigenvalue weighted by molar-refractivity contribution is 5.95. The SMILES string of the molecule is Cc1ncc(C(=O)N2CCC(c3ccccc3)CC2C)c(C2CC2)n1. The number of rotatable bonds is 3. The van der Waals surface area contributed by atoms with Gasteiger partial charge in [-0.3, -0.25) is 4.79 Å². The number of aryl methyl sites for hydroxylation is 1. The molecule has 0 spiro atoms. The molecule has 1 amide bonds. The number of hydrogen-bond donors (Lipinski definition) is 0. The van der Waals surface area contributed by atoms with Crippen molar-refractivity contribution in [1.82, 2.24) is 14.9 Å². The summed E-state index contributed by atoms with van der Waals surface area (Å²) >= 11 is 0. The molecule has 1 aromatic heterocycles. The third-order valence-electron chi connectivity index (χ3n) is 5.54. The maximum atomic E-state index is 13.2. The molecular weight excluding hydrogens is 310 g/mol. The Morgan fingerprint density at radius 3 is 2.56 bits per heavy atom. The fourth-order valence-electron chi connectivity index (χ4n) is 3.98. The van der Waals surface area contributed by atoms with Crippen molar-refractivity contribution in [2.24, 2.45) is 0 Å². The topological polar surface area (TPSA) is 46.1 Å². The Bertz CT molecular complexity index is 770. The molecule has 4 heteroatoms. The first kappa shape index (κ1) is 16.2. The van der Waals surface area contributed by atoms with Crippen LogP contribution in [0.1, 0.15) is 71.9 Å². The molecule has 1 saturated heterocycles. The van der Waals surface area contributed by atoms with E-state index >= 15 is 0 Å². The second-order valence-corrected chi connectivity index (χ2v) is 7.47. The van der Waals surface area contributed by atoms with E-state index in [0.29, 0.717) is 11.8 Å². The molecule has 2 aliphatic rings. The van der Waals surface area contributed by atoms with Gasteiger partial charge < -0.3 is 4.90 Å². The molecule has 4 rings (SSSR count). The molecule has 2 aromatic rings. The summed E-state index contributed by atoms with van der Waals surface area (Å²) in [5, 5.41) is 0. The van der Waals surface area contributed by atoms with Crippen LogP contribution in [0.15, 0.2) is 36.5 Å². The number of nitrogens with zero attached hydrogens (tertiary/aromatic N) is 3. The lowest BCUT2D eigenvalue weighted by atomic mass is 9.85. The first-order valence-electron chi connectivity index (χ1n) is 9.33. The fourth-order valence-corrected chi connectivity index (χ4v) is 3.98. The van der Waals surface area contributed by atoms with Gasteiger partial charge in [0.2, 0.25) is 0 Å². The van der Waals surface area contributed by atoms with Crippen LogP contribution in [0.5, 0.6) is 0 Å². The van der Waals surface area contributed by atoms with Gasteiger partial charge in [-0.15, -0.1) is 0 Å². The fraction of sp³-hybridized carbons (Fsp3) is 0.476. The predicted molar refractivity (Wildman–Crippen MR) is 97.7 cm³/mol. The first-order chi connectivity index (χ1) is 12.1. The van der Waals surface area contributed by atoms with E-state index in [2.05, 4.69) is 47.2 Å². The van der Waals surface area contributed by atoms with Crippen LogP contribution in [0, 0.1) is 6.92 Å². The van der Waals surface area contributed by atoms with Gasteiger partial charge in [-0.05, 0) is 51.0 Å². The molecule has 4 nitrogen and oxygen atoms in total. The Kier molecular flexibility index (Phi) is 4.28. The molecule has 1 saturated carbocycles. The molecule has 1 aliphatic heterocycles. The van der Waals surface area contributed by atoms with Crippen LogP contribution in [0.4, 0.5) is 0 Å². The summed E-state index contributed by atoms with van der Waals surface area (Å²) in [5.41, 5.74) is 3.08. The van der Waals surface area contributed by atoms with Crippen LogP contribution in [0.25, 0.3) is 0 Å². The first-order valence-corrected chi connectivity index (χ1v) is 9.33. The lowest BCUT2D eigenvalue weighted by Crippen LogP contribution is -2.44. The van der Waals surface area contributed by atoms with Crippen LogP contribution in [-0.2, 0) is 0 Å². The Balaban J connectivity index is 1.52. The van der Waals surface area contributed by atoms with Gasteiger partial charge in [0, 0.05) is 24.7 Å². The van der Waals surface area contributed by atoms with Crippen molar-refractivity contribution >= 4 is 5.91 Å². The predicted octanol–water partition coefficient (Wildman–Crippen LogP) is 4.07. The number of hydrogen-bond acceptors (Lipinski definition) is 3. The Hall–Kier alpha value is -2.23. The third kappa shape index (κ3) is 3.30. The van der Waals surface area contributed by atoms with Crippen LogP contribution in [-0.4, -0.2) is 33.4 Å². The Morgan fingerprint density at radius 2 is 1.88 bits per heavy atom. The summed E-state index contributed by atoms with van der Waals surface area (Å²) in [4.78, 5) is 24.1. The molecule has 1 aliphatic carbocycles. The average molecular weight is 335 g/mol. The third-order valence-corrected chi connectivity index (χ3v) is 5.54. The van der Waals surface area contributed by atoms with E-state index in [1.54, 1.807) is 6.20 Å². The Labute approximate surface area is 149 Å². The lowest BCUT2D eigenvalue weighted by molar-refractivity contribution is 0.0614. The number of carbonyl (C=O) groups is 1. The van der Waals surface area contributed by atoms with E-state index in [1.165, 1.54) is 5.56 Å². The van der Waals surface area contributed by atoms with Crippen molar-refractivity contribution in [2.45, 2.75) is 57.4 Å². The molecule has 0 bridgehead atoms. The molecule has 2 atom stereocenters. The standard InChI is InChI=1S/C21H25N3O/c1-14-12-18(16-6-4-3-5-7-16)10-11-24(14)21(25)19-13-22-15(2)23-20(19)17-8-9-17/h3-7,13-14,17-18H,8-12H2,1-2H3. The molecule has 0 N–H and O–H groups in total. The molecule has 2 unspecified atom stereocenters. The maximum absolute atomic E-state index is 13.2. The van der Waals surface area contributed by atoms with Crippen molar-refractivity contribution < 1.29 is 4.79 Å². The van der Waals surface area contributed by atoms with E-state index in [4.69, 9.17) is 0 Å². The minimum Gasteiger partial charge on any atom is -0.336 e. The number of aromatic nitrogens is 2. The highest BCUT2D eigenvalue weighted by Crippen LogP contribution is 2.41. The van der Waals surface area contributed by atoms with Crippen LogP contribution >= 0.6 is 0 Å². The smallest absolute Gasteiger partial charge is 0.257 e. The maximum Gasteiger partial charge on any atom is 0.257 e. The van der Waals surface area contributed by atoms with Gasteiger partial charge in [0.1, 0.15) is 5.82 Å². The van der Waals surface area contributed by atoms with E-state index in [9.17, 15) is 4.79 Å². The zero-order valence-electron chi connectivity index (χ0n) is 15.0. The van der Waals surface area contributed by atoms with E-state index in [1.807, 2.05) is 11.8 Å². The summed E-state index contributed by atoms with van der Waals surface area (Å²) in [6, 6.07) is 10.9. The van der Waals surface area contributed by atoms with Gasteiger partial charge in [0.25, 0.3) is 5.91 Å². The van der Waals surface area contributed by atoms with Gasteiger partial charge in [0.05, 0.1) is 11.3 Å².